The number of carbonyl (C=O) groups excluding carboxylic acids is 1. The number of rotatable bonds is 5. The van der Waals surface area contributed by atoms with Crippen molar-refractivity contribution in [3.05, 3.63) is 23.5 Å². The molecule has 0 saturated carbocycles. The molecule has 18 heavy (non-hydrogen) atoms. The molecule has 0 atom stereocenters. The van der Waals surface area contributed by atoms with Crippen molar-refractivity contribution in [2.45, 2.75) is 11.3 Å². The number of ether oxygens (including phenoxy) is 1. The lowest BCUT2D eigenvalue weighted by Gasteiger charge is -2.10. The zero-order valence-electron chi connectivity index (χ0n) is 10.1. The zero-order valence-corrected chi connectivity index (χ0v) is 10.9. The molecule has 1 aromatic rings. The van der Waals surface area contributed by atoms with Gasteiger partial charge < -0.3 is 10.5 Å². The van der Waals surface area contributed by atoms with Gasteiger partial charge >= 0.3 is 0 Å². The molecule has 0 radical (unpaired) electrons. The van der Waals surface area contributed by atoms with Crippen molar-refractivity contribution in [1.82, 2.24) is 0 Å². The van der Waals surface area contributed by atoms with Crippen LogP contribution in [0, 0.1) is 5.82 Å². The predicted octanol–water partition coefficient (Wildman–Crippen LogP) is 0.769. The van der Waals surface area contributed by atoms with E-state index in [0.717, 1.165) is 12.3 Å². The summed E-state index contributed by atoms with van der Waals surface area (Å²) in [6.45, 7) is 0.136. The van der Waals surface area contributed by atoms with Crippen LogP contribution < -0.4 is 10.5 Å². The highest BCUT2D eigenvalue weighted by Gasteiger charge is 2.22. The first-order valence-corrected chi connectivity index (χ1v) is 7.01. The number of hydrogen-bond donors (Lipinski definition) is 1. The Balaban J connectivity index is 3.41. The highest BCUT2D eigenvalue weighted by atomic mass is 32.2. The number of halogens is 1. The number of ketones is 1. The first kappa shape index (κ1) is 14.6. The van der Waals surface area contributed by atoms with Gasteiger partial charge in [-0.05, 0) is 18.7 Å². The molecule has 0 saturated heterocycles. The molecule has 0 aromatic heterocycles. The lowest BCUT2D eigenvalue weighted by Crippen LogP contribution is -2.11. The molecule has 0 aliphatic carbocycles. The molecule has 0 fully saturated rings. The van der Waals surface area contributed by atoms with Gasteiger partial charge in [0.1, 0.15) is 16.5 Å². The fourth-order valence-corrected chi connectivity index (χ4v) is 2.44. The third-order valence-electron chi connectivity index (χ3n) is 2.29. The van der Waals surface area contributed by atoms with Crippen molar-refractivity contribution in [2.75, 3.05) is 19.9 Å². The van der Waals surface area contributed by atoms with Crippen molar-refractivity contribution in [3.63, 3.8) is 0 Å². The molecule has 0 bridgehead atoms. The Bertz CT molecular complexity index is 569. The molecule has 2 N–H and O–H groups in total. The second-order valence-electron chi connectivity index (χ2n) is 3.72. The van der Waals surface area contributed by atoms with Crippen molar-refractivity contribution in [2.24, 2.45) is 5.73 Å². The first-order valence-electron chi connectivity index (χ1n) is 5.12. The zero-order chi connectivity index (χ0) is 13.9. The summed E-state index contributed by atoms with van der Waals surface area (Å²) in [6.07, 6.45) is 0.927. The first-order chi connectivity index (χ1) is 8.31. The van der Waals surface area contributed by atoms with Crippen LogP contribution in [0.15, 0.2) is 17.0 Å². The minimum Gasteiger partial charge on any atom is -0.495 e. The molecule has 0 spiro atoms. The third kappa shape index (κ3) is 3.05. The largest absolute Gasteiger partial charge is 0.495 e. The average molecular weight is 275 g/mol. The van der Waals surface area contributed by atoms with Gasteiger partial charge in [0.05, 0.1) is 7.11 Å². The summed E-state index contributed by atoms with van der Waals surface area (Å²) < 4.78 is 41.4. The van der Waals surface area contributed by atoms with Crippen molar-refractivity contribution in [1.29, 1.82) is 0 Å². The number of hydrogen-bond acceptors (Lipinski definition) is 5. The molecule has 0 aliphatic heterocycles. The van der Waals surface area contributed by atoms with E-state index in [4.69, 9.17) is 10.5 Å². The van der Waals surface area contributed by atoms with Gasteiger partial charge in [-0.15, -0.1) is 0 Å². The third-order valence-corrected chi connectivity index (χ3v) is 3.43. The van der Waals surface area contributed by atoms with Crippen LogP contribution in [-0.2, 0) is 9.84 Å². The van der Waals surface area contributed by atoms with E-state index in [-0.39, 0.29) is 30.1 Å². The number of benzene rings is 1. The Morgan fingerprint density at radius 3 is 2.50 bits per heavy atom. The summed E-state index contributed by atoms with van der Waals surface area (Å²) in [6, 6.07) is 2.09. The lowest BCUT2D eigenvalue weighted by atomic mass is 10.1. The Morgan fingerprint density at radius 1 is 1.44 bits per heavy atom. The second kappa shape index (κ2) is 5.45. The van der Waals surface area contributed by atoms with Crippen LogP contribution in [0.25, 0.3) is 0 Å². The monoisotopic (exact) mass is 275 g/mol. The standard InChI is InChI=1S/C11H14FNO4S/c1-17-10-6-7(9(14)3-4-13)5-8(12)11(10)18(2,15)16/h5-6H,3-4,13H2,1-2H3. The van der Waals surface area contributed by atoms with E-state index in [9.17, 15) is 17.6 Å². The smallest absolute Gasteiger partial charge is 0.182 e. The molecule has 0 amide bonds. The Morgan fingerprint density at radius 2 is 2.06 bits per heavy atom. The highest BCUT2D eigenvalue weighted by molar-refractivity contribution is 7.90. The normalized spacial score (nSPS) is 11.3. The molecule has 0 aliphatic rings. The molecule has 0 unspecified atom stereocenters. The summed E-state index contributed by atoms with van der Waals surface area (Å²) in [5, 5.41) is 0. The molecule has 7 heteroatoms. The van der Waals surface area contributed by atoms with Crippen LogP contribution in [0.3, 0.4) is 0 Å². The fourth-order valence-electron chi connectivity index (χ4n) is 1.52. The molecule has 1 rings (SSSR count). The molecule has 100 valence electrons. The number of nitrogens with two attached hydrogens (primary N) is 1. The Kier molecular flexibility index (Phi) is 4.42. The molecular weight excluding hydrogens is 261 g/mol. The van der Waals surface area contributed by atoms with E-state index in [1.54, 1.807) is 0 Å². The summed E-state index contributed by atoms with van der Waals surface area (Å²) in [7, 11) is -2.56. The summed E-state index contributed by atoms with van der Waals surface area (Å²) >= 11 is 0. The van der Waals surface area contributed by atoms with Crippen LogP contribution in [0.4, 0.5) is 4.39 Å². The number of sulfone groups is 1. The maximum atomic E-state index is 13.8. The van der Waals surface area contributed by atoms with E-state index in [2.05, 4.69) is 0 Å². The Hall–Kier alpha value is -1.47. The number of methoxy groups -OCH3 is 1. The van der Waals surface area contributed by atoms with Gasteiger partial charge in [-0.3, -0.25) is 4.79 Å². The van der Waals surface area contributed by atoms with Gasteiger partial charge in [0.2, 0.25) is 0 Å². The summed E-state index contributed by atoms with van der Waals surface area (Å²) in [5.41, 5.74) is 5.28. The van der Waals surface area contributed by atoms with Gasteiger partial charge in [-0.25, -0.2) is 12.8 Å². The van der Waals surface area contributed by atoms with E-state index >= 15 is 0 Å². The van der Waals surface area contributed by atoms with Crippen LogP contribution in [0.5, 0.6) is 5.75 Å². The van der Waals surface area contributed by atoms with Gasteiger partial charge in [0.25, 0.3) is 0 Å². The van der Waals surface area contributed by atoms with Crippen LogP contribution >= 0.6 is 0 Å². The van der Waals surface area contributed by atoms with Gasteiger partial charge in [-0.1, -0.05) is 0 Å². The van der Waals surface area contributed by atoms with Crippen molar-refractivity contribution in [3.8, 4) is 5.75 Å². The minimum atomic E-state index is -3.77. The summed E-state index contributed by atoms with van der Waals surface area (Å²) in [5.74, 6) is -1.55. The van der Waals surface area contributed by atoms with E-state index in [1.807, 2.05) is 0 Å². The van der Waals surface area contributed by atoms with Crippen LogP contribution in [0.1, 0.15) is 16.8 Å². The minimum absolute atomic E-state index is 0.0437. The molecule has 1 aromatic carbocycles. The number of carbonyl (C=O) groups is 1. The van der Waals surface area contributed by atoms with Crippen molar-refractivity contribution < 1.29 is 22.3 Å². The maximum absolute atomic E-state index is 13.8. The molecule has 0 heterocycles. The van der Waals surface area contributed by atoms with Crippen LogP contribution in [-0.4, -0.2) is 34.1 Å². The average Bonchev–Trinajstić information content (AvgIpc) is 2.26. The fraction of sp³-hybridized carbons (Fsp3) is 0.364. The van der Waals surface area contributed by atoms with E-state index in [0.29, 0.717) is 0 Å². The van der Waals surface area contributed by atoms with E-state index in [1.165, 1.54) is 13.2 Å². The molecular formula is C11H14FNO4S. The van der Waals surface area contributed by atoms with Gasteiger partial charge in [0.15, 0.2) is 15.6 Å². The Labute approximate surface area is 105 Å². The van der Waals surface area contributed by atoms with E-state index < -0.39 is 20.5 Å². The second-order valence-corrected chi connectivity index (χ2v) is 5.68. The van der Waals surface area contributed by atoms with Crippen molar-refractivity contribution >= 4 is 15.6 Å². The highest BCUT2D eigenvalue weighted by Crippen LogP contribution is 2.28. The predicted molar refractivity (Wildman–Crippen MR) is 64.1 cm³/mol. The lowest BCUT2D eigenvalue weighted by molar-refractivity contribution is 0.0984. The quantitative estimate of drug-likeness (QED) is 0.802. The van der Waals surface area contributed by atoms with Crippen LogP contribution in [0.2, 0.25) is 0 Å². The van der Waals surface area contributed by atoms with Gasteiger partial charge in [-0.2, -0.15) is 0 Å². The van der Waals surface area contributed by atoms with Gasteiger partial charge in [0, 0.05) is 18.2 Å². The summed E-state index contributed by atoms with van der Waals surface area (Å²) in [4.78, 5) is 11.0. The SMILES string of the molecule is COc1cc(C(=O)CCN)cc(F)c1S(C)(=O)=O. The molecule has 5 nitrogen and oxygen atoms in total. The topological polar surface area (TPSA) is 86.5 Å². The number of Topliss-reactive ketones (excluding diaryl/α,β-unsaturated/α-hetero) is 1. The maximum Gasteiger partial charge on any atom is 0.182 e.